The number of ether oxygens (including phenoxy) is 1. The Hall–Kier alpha value is -2.47. The van der Waals surface area contributed by atoms with Crippen LogP contribution >= 0.6 is 0 Å². The fourth-order valence-electron chi connectivity index (χ4n) is 3.52. The Balaban J connectivity index is 1.83. The van der Waals surface area contributed by atoms with E-state index >= 15 is 0 Å². The molecule has 5 heteroatoms. The van der Waals surface area contributed by atoms with E-state index in [1.807, 2.05) is 31.0 Å². The van der Waals surface area contributed by atoms with E-state index in [2.05, 4.69) is 35.7 Å². The molecule has 1 aliphatic rings. The Morgan fingerprint density at radius 3 is 2.76 bits per heavy atom. The number of hydrogen-bond donors (Lipinski definition) is 2. The molecule has 3 N–H and O–H groups in total. The molecule has 4 nitrogen and oxygen atoms in total. The van der Waals surface area contributed by atoms with Crippen LogP contribution in [0.4, 0.5) is 4.39 Å². The average molecular weight is 396 g/mol. The molecule has 0 aliphatic carbocycles. The van der Waals surface area contributed by atoms with Gasteiger partial charge >= 0.3 is 0 Å². The molecule has 0 saturated carbocycles. The first-order valence-corrected chi connectivity index (χ1v) is 10.0. The van der Waals surface area contributed by atoms with Crippen molar-refractivity contribution in [2.24, 2.45) is 5.73 Å². The molecular formula is C24H30FN3O. The van der Waals surface area contributed by atoms with Gasteiger partial charge in [-0.2, -0.15) is 0 Å². The minimum absolute atomic E-state index is 0.233. The molecule has 2 aromatic carbocycles. The molecule has 0 radical (unpaired) electrons. The van der Waals surface area contributed by atoms with Gasteiger partial charge in [0.1, 0.15) is 5.82 Å². The Bertz CT molecular complexity index is 891. The average Bonchev–Trinajstić information content (AvgIpc) is 2.76. The summed E-state index contributed by atoms with van der Waals surface area (Å²) < 4.78 is 20.1. The summed E-state index contributed by atoms with van der Waals surface area (Å²) in [4.78, 5) is 1.99. The standard InChI is InChI=1S/C24H30FN3O/c1-18(15-28(2)17-26)24(22-10-3-4-11-23(22)25)27-14-19-7-5-8-20(13-19)21-9-6-12-29-16-21/h3-5,7-11,13,27H,6,12,14-17,26H2,1-2H3/b24-18+. The Kier molecular flexibility index (Phi) is 7.58. The van der Waals surface area contributed by atoms with Crippen LogP contribution in [-0.4, -0.2) is 38.4 Å². The lowest BCUT2D eigenvalue weighted by Crippen LogP contribution is -2.28. The number of likely N-dealkylation sites (N-methyl/N-ethyl adjacent to an activating group) is 1. The SMILES string of the molecule is C/C(CN(C)CN)=C(\NCc1cccc(C2=CCCOC2)c1)c1ccccc1F. The number of nitrogens with two attached hydrogens (primary N) is 1. The van der Waals surface area contributed by atoms with Gasteiger partial charge in [-0.05, 0) is 60.9 Å². The van der Waals surface area contributed by atoms with Crippen molar-refractivity contribution < 1.29 is 9.13 Å². The summed E-state index contributed by atoms with van der Waals surface area (Å²) in [5.41, 5.74) is 11.7. The van der Waals surface area contributed by atoms with Crippen LogP contribution in [0.2, 0.25) is 0 Å². The molecule has 0 fully saturated rings. The molecule has 1 heterocycles. The summed E-state index contributed by atoms with van der Waals surface area (Å²) in [6.45, 7) is 5.18. The molecule has 2 aromatic rings. The van der Waals surface area contributed by atoms with E-state index in [0.717, 1.165) is 29.9 Å². The first kappa shape index (κ1) is 21.2. The number of nitrogens with zero attached hydrogens (tertiary/aromatic N) is 1. The summed E-state index contributed by atoms with van der Waals surface area (Å²) in [6, 6.07) is 15.3. The number of rotatable bonds is 8. The Morgan fingerprint density at radius 2 is 2.03 bits per heavy atom. The van der Waals surface area contributed by atoms with Crippen LogP contribution in [0, 0.1) is 5.82 Å². The first-order chi connectivity index (χ1) is 14.1. The minimum atomic E-state index is -0.233. The van der Waals surface area contributed by atoms with Gasteiger partial charge in [0.25, 0.3) is 0 Å². The Labute approximate surface area is 172 Å². The fourth-order valence-corrected chi connectivity index (χ4v) is 3.52. The minimum Gasteiger partial charge on any atom is -0.380 e. The van der Waals surface area contributed by atoms with E-state index in [1.54, 1.807) is 6.07 Å². The van der Waals surface area contributed by atoms with Crippen LogP contribution in [0.25, 0.3) is 11.3 Å². The third kappa shape index (κ3) is 5.76. The normalized spacial score (nSPS) is 15.1. The van der Waals surface area contributed by atoms with Crippen LogP contribution in [-0.2, 0) is 11.3 Å². The van der Waals surface area contributed by atoms with Gasteiger partial charge in [0.2, 0.25) is 0 Å². The van der Waals surface area contributed by atoms with Gasteiger partial charge in [-0.25, -0.2) is 4.39 Å². The van der Waals surface area contributed by atoms with Crippen LogP contribution < -0.4 is 11.1 Å². The quantitative estimate of drug-likeness (QED) is 0.664. The molecule has 0 bridgehead atoms. The zero-order valence-electron chi connectivity index (χ0n) is 17.2. The molecule has 154 valence electrons. The zero-order chi connectivity index (χ0) is 20.6. The van der Waals surface area contributed by atoms with Crippen molar-refractivity contribution in [3.8, 4) is 0 Å². The highest BCUT2D eigenvalue weighted by molar-refractivity contribution is 5.69. The largest absolute Gasteiger partial charge is 0.380 e. The van der Waals surface area contributed by atoms with Gasteiger partial charge in [0, 0.05) is 31.0 Å². The predicted octanol–water partition coefficient (Wildman–Crippen LogP) is 4.00. The van der Waals surface area contributed by atoms with Gasteiger partial charge in [0.15, 0.2) is 0 Å². The topological polar surface area (TPSA) is 50.5 Å². The maximum absolute atomic E-state index is 14.5. The van der Waals surface area contributed by atoms with E-state index in [4.69, 9.17) is 10.5 Å². The van der Waals surface area contributed by atoms with E-state index in [-0.39, 0.29) is 5.82 Å². The van der Waals surface area contributed by atoms with Gasteiger partial charge < -0.3 is 15.8 Å². The maximum atomic E-state index is 14.5. The summed E-state index contributed by atoms with van der Waals surface area (Å²) in [5, 5.41) is 3.47. The van der Waals surface area contributed by atoms with E-state index in [9.17, 15) is 4.39 Å². The molecule has 29 heavy (non-hydrogen) atoms. The highest BCUT2D eigenvalue weighted by atomic mass is 19.1. The van der Waals surface area contributed by atoms with Crippen molar-refractivity contribution >= 4 is 11.3 Å². The van der Waals surface area contributed by atoms with Crippen LogP contribution in [0.1, 0.15) is 30.0 Å². The molecule has 0 spiro atoms. The van der Waals surface area contributed by atoms with Crippen molar-refractivity contribution in [2.45, 2.75) is 19.9 Å². The lowest BCUT2D eigenvalue weighted by atomic mass is 10.0. The lowest BCUT2D eigenvalue weighted by Gasteiger charge is -2.20. The Morgan fingerprint density at radius 1 is 1.21 bits per heavy atom. The summed E-state index contributed by atoms with van der Waals surface area (Å²) in [6.07, 6.45) is 3.19. The molecule has 0 unspecified atom stereocenters. The van der Waals surface area contributed by atoms with Crippen LogP contribution in [0.5, 0.6) is 0 Å². The highest BCUT2D eigenvalue weighted by Crippen LogP contribution is 2.23. The van der Waals surface area contributed by atoms with Crippen molar-refractivity contribution in [2.75, 3.05) is 33.5 Å². The second-order valence-corrected chi connectivity index (χ2v) is 7.46. The molecule has 0 aromatic heterocycles. The second-order valence-electron chi connectivity index (χ2n) is 7.46. The first-order valence-electron chi connectivity index (χ1n) is 10.0. The smallest absolute Gasteiger partial charge is 0.132 e. The van der Waals surface area contributed by atoms with E-state index in [1.165, 1.54) is 17.2 Å². The van der Waals surface area contributed by atoms with Crippen molar-refractivity contribution in [1.82, 2.24) is 10.2 Å². The number of hydrogen-bond acceptors (Lipinski definition) is 4. The molecule has 1 aliphatic heterocycles. The van der Waals surface area contributed by atoms with E-state index < -0.39 is 0 Å². The van der Waals surface area contributed by atoms with Crippen molar-refractivity contribution in [3.05, 3.63) is 82.7 Å². The number of halogens is 1. The molecular weight excluding hydrogens is 365 g/mol. The molecule has 3 rings (SSSR count). The summed E-state index contributed by atoms with van der Waals surface area (Å²) in [5.74, 6) is -0.233. The molecule has 0 amide bonds. The van der Waals surface area contributed by atoms with Gasteiger partial charge in [-0.3, -0.25) is 4.90 Å². The van der Waals surface area contributed by atoms with Crippen LogP contribution in [0.3, 0.4) is 0 Å². The van der Waals surface area contributed by atoms with Gasteiger partial charge in [-0.15, -0.1) is 0 Å². The monoisotopic (exact) mass is 395 g/mol. The number of nitrogens with one attached hydrogen (secondary N) is 1. The summed E-state index contributed by atoms with van der Waals surface area (Å²) >= 11 is 0. The third-order valence-corrected chi connectivity index (χ3v) is 5.07. The predicted molar refractivity (Wildman–Crippen MR) is 117 cm³/mol. The fraction of sp³-hybridized carbons (Fsp3) is 0.333. The maximum Gasteiger partial charge on any atom is 0.132 e. The van der Waals surface area contributed by atoms with Crippen LogP contribution in [0.15, 0.2) is 60.2 Å². The number of benzene rings is 2. The molecule has 0 saturated heterocycles. The zero-order valence-corrected chi connectivity index (χ0v) is 17.2. The highest BCUT2D eigenvalue weighted by Gasteiger charge is 2.13. The third-order valence-electron chi connectivity index (χ3n) is 5.07. The second kappa shape index (κ2) is 10.3. The van der Waals surface area contributed by atoms with Crippen molar-refractivity contribution in [3.63, 3.8) is 0 Å². The van der Waals surface area contributed by atoms with Crippen molar-refractivity contribution in [1.29, 1.82) is 0 Å². The summed E-state index contributed by atoms with van der Waals surface area (Å²) in [7, 11) is 1.95. The van der Waals surface area contributed by atoms with Gasteiger partial charge in [-0.1, -0.05) is 36.4 Å². The molecule has 0 atom stereocenters. The lowest BCUT2D eigenvalue weighted by molar-refractivity contribution is 0.164. The van der Waals surface area contributed by atoms with Gasteiger partial charge in [0.05, 0.1) is 13.2 Å². The van der Waals surface area contributed by atoms with E-state index in [0.29, 0.717) is 31.9 Å².